The van der Waals surface area contributed by atoms with Crippen molar-refractivity contribution in [2.75, 3.05) is 0 Å². The summed E-state index contributed by atoms with van der Waals surface area (Å²) in [4.78, 5) is 12.8. The molecule has 0 bridgehead atoms. The van der Waals surface area contributed by atoms with Crippen molar-refractivity contribution in [1.82, 2.24) is 15.3 Å². The zero-order valence-corrected chi connectivity index (χ0v) is 17.0. The summed E-state index contributed by atoms with van der Waals surface area (Å²) in [5.41, 5.74) is 4.22. The third-order valence-electron chi connectivity index (χ3n) is 6.97. The maximum atomic E-state index is 14.2. The number of hydrogen-bond donors (Lipinski definition) is 2. The van der Waals surface area contributed by atoms with E-state index in [4.69, 9.17) is 0 Å². The number of halogens is 1. The molecule has 0 spiro atoms. The molecule has 6 heteroatoms. The first-order chi connectivity index (χ1) is 13.8. The summed E-state index contributed by atoms with van der Waals surface area (Å²) in [5.74, 6) is -0.794. The van der Waals surface area contributed by atoms with Crippen molar-refractivity contribution in [2.45, 2.75) is 50.4 Å². The average Bonchev–Trinajstić information content (AvgIpc) is 3.11. The van der Waals surface area contributed by atoms with E-state index in [0.717, 1.165) is 23.7 Å². The van der Waals surface area contributed by atoms with Crippen molar-refractivity contribution >= 4 is 16.8 Å². The van der Waals surface area contributed by atoms with Gasteiger partial charge in [0.15, 0.2) is 0 Å². The van der Waals surface area contributed by atoms with Gasteiger partial charge in [-0.1, -0.05) is 31.2 Å². The number of fused-ring (bicyclic) bond motifs is 1. The number of carbonyl (C=O) groups excluding carboxylic acids is 1. The van der Waals surface area contributed by atoms with Gasteiger partial charge in [0.2, 0.25) is 0 Å². The monoisotopic (exact) mass is 395 g/mol. The van der Waals surface area contributed by atoms with Gasteiger partial charge in [0.05, 0.1) is 17.1 Å². The summed E-state index contributed by atoms with van der Waals surface area (Å²) in [6.45, 7) is 3.91. The van der Waals surface area contributed by atoms with Crippen molar-refractivity contribution < 1.29 is 14.4 Å². The predicted octanol–water partition coefficient (Wildman–Crippen LogP) is 4.30. The fraction of sp³-hybridized carbons (Fsp3) is 0.391. The van der Waals surface area contributed by atoms with E-state index in [-0.39, 0.29) is 11.2 Å². The third-order valence-corrected chi connectivity index (χ3v) is 6.97. The molecule has 152 valence electrons. The fourth-order valence-corrected chi connectivity index (χ4v) is 4.89. The van der Waals surface area contributed by atoms with E-state index in [0.29, 0.717) is 24.0 Å². The molecule has 1 amide bonds. The van der Waals surface area contributed by atoms with Gasteiger partial charge in [0, 0.05) is 12.4 Å². The highest BCUT2D eigenvalue weighted by atomic mass is 19.1. The Labute approximate surface area is 169 Å². The molecule has 29 heavy (non-hydrogen) atoms. The molecule has 1 heterocycles. The lowest BCUT2D eigenvalue weighted by Crippen LogP contribution is -2.48. The smallest absolute Gasteiger partial charge is 0.253 e. The molecule has 2 N–H and O–H groups in total. The van der Waals surface area contributed by atoms with Crippen LogP contribution in [0, 0.1) is 12.7 Å². The van der Waals surface area contributed by atoms with Gasteiger partial charge in [-0.3, -0.25) is 14.7 Å². The summed E-state index contributed by atoms with van der Waals surface area (Å²) in [5, 5.41) is 14.9. The lowest BCUT2D eigenvalue weighted by atomic mass is 9.59. The van der Waals surface area contributed by atoms with Crippen LogP contribution in [0.15, 0.2) is 42.6 Å². The number of nitrogens with zero attached hydrogens (tertiary/aromatic N) is 2. The Kier molecular flexibility index (Phi) is 4.69. The maximum Gasteiger partial charge on any atom is 0.253 e. The van der Waals surface area contributed by atoms with Crippen molar-refractivity contribution in [3.63, 3.8) is 0 Å². The molecule has 4 rings (SSSR count). The largest absolute Gasteiger partial charge is 0.289 e. The lowest BCUT2D eigenvalue weighted by Gasteiger charge is -2.44. The van der Waals surface area contributed by atoms with Crippen LogP contribution in [0.25, 0.3) is 10.9 Å². The first-order valence-corrected chi connectivity index (χ1v) is 9.93. The Balaban J connectivity index is 1.71. The van der Waals surface area contributed by atoms with Gasteiger partial charge in [0.1, 0.15) is 5.82 Å². The van der Waals surface area contributed by atoms with Crippen molar-refractivity contribution in [1.29, 1.82) is 0 Å². The summed E-state index contributed by atoms with van der Waals surface area (Å²) in [6.07, 6.45) is 4.42. The highest BCUT2D eigenvalue weighted by Crippen LogP contribution is 2.49. The average molecular weight is 395 g/mol. The molecule has 3 aromatic rings. The minimum absolute atomic E-state index is 0.112. The van der Waals surface area contributed by atoms with Gasteiger partial charge in [-0.25, -0.2) is 9.87 Å². The van der Waals surface area contributed by atoms with Crippen LogP contribution in [0.1, 0.15) is 49.3 Å². The number of rotatable bonds is 3. The standard InChI is InChI=1S/C23H26FN3O2/c1-15-18(5-4-6-19(15)24)23(21(28)26-29)11-9-22(2,10-12-23)17-8-7-16-14-25-27(3)20(16)13-17/h4-8,13-14,29H,9-12H2,1-3H3,(H,26,28)/t22-,23+. The highest BCUT2D eigenvalue weighted by molar-refractivity contribution is 5.88. The second-order valence-corrected chi connectivity index (χ2v) is 8.54. The van der Waals surface area contributed by atoms with Gasteiger partial charge in [0.25, 0.3) is 5.91 Å². The van der Waals surface area contributed by atoms with E-state index in [1.807, 2.05) is 23.4 Å². The van der Waals surface area contributed by atoms with Crippen molar-refractivity contribution in [3.05, 3.63) is 65.1 Å². The molecule has 0 saturated heterocycles. The molecule has 2 aromatic carbocycles. The summed E-state index contributed by atoms with van der Waals surface area (Å²) in [6, 6.07) is 11.2. The highest BCUT2D eigenvalue weighted by Gasteiger charge is 2.48. The topological polar surface area (TPSA) is 67.2 Å². The minimum Gasteiger partial charge on any atom is -0.289 e. The molecule has 0 radical (unpaired) electrons. The zero-order chi connectivity index (χ0) is 20.8. The van der Waals surface area contributed by atoms with Crippen LogP contribution in [0.2, 0.25) is 0 Å². The summed E-state index contributed by atoms with van der Waals surface area (Å²) in [7, 11) is 1.93. The van der Waals surface area contributed by atoms with E-state index < -0.39 is 11.3 Å². The van der Waals surface area contributed by atoms with Crippen LogP contribution in [0.3, 0.4) is 0 Å². The first kappa shape index (κ1) is 19.6. The Bertz CT molecular complexity index is 1080. The number of benzene rings is 2. The molecule has 0 aliphatic heterocycles. The molecular weight excluding hydrogens is 369 g/mol. The van der Waals surface area contributed by atoms with Crippen LogP contribution in [-0.4, -0.2) is 20.9 Å². The lowest BCUT2D eigenvalue weighted by molar-refractivity contribution is -0.137. The molecule has 1 aliphatic rings. The van der Waals surface area contributed by atoms with Gasteiger partial charge < -0.3 is 0 Å². The van der Waals surface area contributed by atoms with E-state index in [1.165, 1.54) is 11.6 Å². The molecular formula is C23H26FN3O2. The van der Waals surface area contributed by atoms with Crippen LogP contribution in [-0.2, 0) is 22.7 Å². The number of aromatic nitrogens is 2. The quantitative estimate of drug-likeness (QED) is 0.513. The number of amides is 1. The van der Waals surface area contributed by atoms with Gasteiger partial charge in [-0.05, 0) is 66.8 Å². The van der Waals surface area contributed by atoms with Crippen LogP contribution in [0.4, 0.5) is 4.39 Å². The van der Waals surface area contributed by atoms with Crippen molar-refractivity contribution in [3.8, 4) is 0 Å². The molecule has 1 aliphatic carbocycles. The second kappa shape index (κ2) is 6.95. The van der Waals surface area contributed by atoms with Gasteiger partial charge >= 0.3 is 0 Å². The number of carbonyl (C=O) groups is 1. The first-order valence-electron chi connectivity index (χ1n) is 9.93. The normalized spacial score (nSPS) is 24.6. The minimum atomic E-state index is -0.933. The van der Waals surface area contributed by atoms with Crippen molar-refractivity contribution in [2.24, 2.45) is 7.05 Å². The zero-order valence-electron chi connectivity index (χ0n) is 17.0. The van der Waals surface area contributed by atoms with E-state index in [1.54, 1.807) is 19.1 Å². The van der Waals surface area contributed by atoms with Gasteiger partial charge in [-0.15, -0.1) is 0 Å². The Morgan fingerprint density at radius 2 is 1.93 bits per heavy atom. The molecule has 1 aromatic heterocycles. The van der Waals surface area contributed by atoms with Crippen LogP contribution < -0.4 is 5.48 Å². The Morgan fingerprint density at radius 1 is 1.21 bits per heavy atom. The second-order valence-electron chi connectivity index (χ2n) is 8.54. The van der Waals surface area contributed by atoms with Crippen LogP contribution >= 0.6 is 0 Å². The molecule has 1 fully saturated rings. The van der Waals surface area contributed by atoms with Gasteiger partial charge in [-0.2, -0.15) is 5.10 Å². The fourth-order valence-electron chi connectivity index (χ4n) is 4.89. The Hall–Kier alpha value is -2.73. The molecule has 0 atom stereocenters. The number of aryl methyl sites for hydroxylation is 1. The maximum absolute atomic E-state index is 14.2. The Morgan fingerprint density at radius 3 is 2.62 bits per heavy atom. The van der Waals surface area contributed by atoms with Crippen LogP contribution in [0.5, 0.6) is 0 Å². The van der Waals surface area contributed by atoms with E-state index in [9.17, 15) is 14.4 Å². The number of nitrogens with one attached hydrogen (secondary N) is 1. The van der Waals surface area contributed by atoms with E-state index in [2.05, 4.69) is 30.2 Å². The number of hydrogen-bond acceptors (Lipinski definition) is 3. The summed E-state index contributed by atoms with van der Waals surface area (Å²) < 4.78 is 16.1. The predicted molar refractivity (Wildman–Crippen MR) is 109 cm³/mol. The number of hydroxylamine groups is 1. The SMILES string of the molecule is Cc1c(F)cccc1[C@]1(C(=O)NO)CC[C@@](C)(c2ccc3cnn(C)c3c2)CC1. The molecule has 1 saturated carbocycles. The van der Waals surface area contributed by atoms with E-state index >= 15 is 0 Å². The summed E-state index contributed by atoms with van der Waals surface area (Å²) >= 11 is 0. The third kappa shape index (κ3) is 3.02. The molecule has 5 nitrogen and oxygen atoms in total. The molecule has 0 unspecified atom stereocenters.